The molecule has 1 aromatic rings. The highest BCUT2D eigenvalue weighted by Crippen LogP contribution is 2.40. The molecule has 1 aliphatic carbocycles. The molecule has 27 heavy (non-hydrogen) atoms. The van der Waals surface area contributed by atoms with Gasteiger partial charge in [0.1, 0.15) is 0 Å². The van der Waals surface area contributed by atoms with Crippen LogP contribution in [0.4, 0.5) is 5.69 Å². The van der Waals surface area contributed by atoms with E-state index in [1.54, 1.807) is 24.3 Å². The van der Waals surface area contributed by atoms with E-state index >= 15 is 0 Å². The van der Waals surface area contributed by atoms with Crippen LogP contribution in [-0.4, -0.2) is 23.8 Å². The molecule has 0 bridgehead atoms. The van der Waals surface area contributed by atoms with Gasteiger partial charge in [0.2, 0.25) is 11.8 Å². The highest BCUT2D eigenvalue weighted by Gasteiger charge is 2.32. The summed E-state index contributed by atoms with van der Waals surface area (Å²) < 4.78 is 0. The molecule has 1 aromatic carbocycles. The number of anilines is 1. The van der Waals surface area contributed by atoms with Crippen LogP contribution in [0.3, 0.4) is 0 Å². The minimum Gasteiger partial charge on any atom is -0.349 e. The van der Waals surface area contributed by atoms with Crippen molar-refractivity contribution < 1.29 is 14.4 Å². The number of amides is 3. The van der Waals surface area contributed by atoms with Crippen molar-refractivity contribution in [1.82, 2.24) is 5.32 Å². The van der Waals surface area contributed by atoms with Crippen LogP contribution in [0.15, 0.2) is 24.3 Å². The van der Waals surface area contributed by atoms with Gasteiger partial charge in [-0.05, 0) is 61.3 Å². The highest BCUT2D eigenvalue weighted by atomic mass is 16.2. The molecule has 0 atom stereocenters. The topological polar surface area (TPSA) is 66.5 Å². The van der Waals surface area contributed by atoms with Gasteiger partial charge in [0.25, 0.3) is 5.91 Å². The number of imide groups is 1. The molecule has 0 aromatic heterocycles. The van der Waals surface area contributed by atoms with E-state index in [4.69, 9.17) is 0 Å². The number of benzene rings is 1. The average Bonchev–Trinajstić information content (AvgIpc) is 3.00. The van der Waals surface area contributed by atoms with Gasteiger partial charge in [-0.15, -0.1) is 0 Å². The van der Waals surface area contributed by atoms with Crippen LogP contribution in [0, 0.1) is 11.3 Å². The summed E-state index contributed by atoms with van der Waals surface area (Å²) in [5.74, 6) is 0.289. The fourth-order valence-electron chi connectivity index (χ4n) is 4.20. The van der Waals surface area contributed by atoms with Gasteiger partial charge < -0.3 is 5.32 Å². The number of carbonyl (C=O) groups excluding carboxylic acids is 3. The summed E-state index contributed by atoms with van der Waals surface area (Å²) in [4.78, 5) is 37.4. The summed E-state index contributed by atoms with van der Waals surface area (Å²) in [6.45, 7) is 6.93. The maximum atomic E-state index is 12.6. The molecular weight excluding hydrogens is 340 g/mol. The third-order valence-electron chi connectivity index (χ3n) is 6.52. The predicted octanol–water partition coefficient (Wildman–Crippen LogP) is 4.06. The van der Waals surface area contributed by atoms with Crippen molar-refractivity contribution in [2.24, 2.45) is 11.3 Å². The van der Waals surface area contributed by atoms with E-state index in [9.17, 15) is 14.4 Å². The Morgan fingerprint density at radius 1 is 1.04 bits per heavy atom. The fraction of sp³-hybridized carbons (Fsp3) is 0.591. The Bertz CT molecular complexity index is 700. The zero-order chi connectivity index (χ0) is 19.6. The molecule has 1 saturated heterocycles. The lowest BCUT2D eigenvalue weighted by atomic mass is 9.69. The molecule has 146 valence electrons. The molecule has 0 unspecified atom stereocenters. The quantitative estimate of drug-likeness (QED) is 0.795. The normalized spacial score (nSPS) is 23.6. The lowest BCUT2D eigenvalue weighted by molar-refractivity contribution is -0.121. The third-order valence-corrected chi connectivity index (χ3v) is 6.52. The molecule has 5 heteroatoms. The summed E-state index contributed by atoms with van der Waals surface area (Å²) in [7, 11) is 0. The van der Waals surface area contributed by atoms with Crippen LogP contribution in [0.1, 0.15) is 76.1 Å². The van der Waals surface area contributed by atoms with E-state index in [1.165, 1.54) is 11.3 Å². The Morgan fingerprint density at radius 2 is 1.59 bits per heavy atom. The summed E-state index contributed by atoms with van der Waals surface area (Å²) >= 11 is 0. The molecule has 1 N–H and O–H groups in total. The number of carbonyl (C=O) groups is 3. The van der Waals surface area contributed by atoms with E-state index in [-0.39, 0.29) is 36.6 Å². The zero-order valence-corrected chi connectivity index (χ0v) is 16.6. The molecule has 1 heterocycles. The molecule has 3 rings (SSSR count). The van der Waals surface area contributed by atoms with Gasteiger partial charge >= 0.3 is 0 Å². The first-order valence-electron chi connectivity index (χ1n) is 10.1. The van der Waals surface area contributed by atoms with Crippen molar-refractivity contribution >= 4 is 23.4 Å². The van der Waals surface area contributed by atoms with Crippen LogP contribution >= 0.6 is 0 Å². The maximum Gasteiger partial charge on any atom is 0.251 e. The van der Waals surface area contributed by atoms with Gasteiger partial charge in [-0.1, -0.05) is 27.2 Å². The molecule has 2 aliphatic rings. The number of nitrogens with one attached hydrogen (secondary N) is 1. The molecule has 1 saturated carbocycles. The first-order chi connectivity index (χ1) is 12.8. The van der Waals surface area contributed by atoms with Gasteiger partial charge in [-0.3, -0.25) is 19.3 Å². The van der Waals surface area contributed by atoms with Crippen LogP contribution in [0.2, 0.25) is 0 Å². The smallest absolute Gasteiger partial charge is 0.251 e. The molecule has 3 amide bonds. The maximum absolute atomic E-state index is 12.6. The van der Waals surface area contributed by atoms with Gasteiger partial charge in [0, 0.05) is 24.4 Å². The number of rotatable bonds is 5. The molecular formula is C22H30N2O3. The van der Waals surface area contributed by atoms with Crippen LogP contribution in [0.5, 0.6) is 0 Å². The minimum atomic E-state index is -0.177. The first-order valence-corrected chi connectivity index (χ1v) is 10.1. The summed E-state index contributed by atoms with van der Waals surface area (Å²) in [5, 5.41) is 3.15. The van der Waals surface area contributed by atoms with Crippen molar-refractivity contribution in [2.45, 2.75) is 71.8 Å². The Balaban J connectivity index is 1.56. The average molecular weight is 370 g/mol. The van der Waals surface area contributed by atoms with Gasteiger partial charge in [-0.2, -0.15) is 0 Å². The van der Waals surface area contributed by atoms with Crippen molar-refractivity contribution in [1.29, 1.82) is 0 Å². The molecule has 5 nitrogen and oxygen atoms in total. The van der Waals surface area contributed by atoms with Crippen molar-refractivity contribution in [2.75, 3.05) is 4.90 Å². The standard InChI is InChI=1S/C22H30N2O3/c1-4-22(2,3)16-7-9-17(10-8-16)23-21(27)15-5-11-18(12-6-15)24-19(25)13-14-20(24)26/h5-6,11-12,16-17H,4,7-10,13-14H2,1-3H3,(H,23,27). The molecule has 0 radical (unpaired) electrons. The number of hydrogen-bond acceptors (Lipinski definition) is 3. The highest BCUT2D eigenvalue weighted by molar-refractivity contribution is 6.19. The van der Waals surface area contributed by atoms with E-state index in [0.29, 0.717) is 16.7 Å². The first kappa shape index (κ1) is 19.6. The SMILES string of the molecule is CCC(C)(C)C1CCC(NC(=O)c2ccc(N3C(=O)CCC3=O)cc2)CC1. The molecule has 1 aliphatic heterocycles. The Kier molecular flexibility index (Phi) is 5.68. The van der Waals surface area contributed by atoms with E-state index in [2.05, 4.69) is 26.1 Å². The van der Waals surface area contributed by atoms with E-state index in [0.717, 1.165) is 31.6 Å². The van der Waals surface area contributed by atoms with Crippen LogP contribution in [0.25, 0.3) is 0 Å². The number of nitrogens with zero attached hydrogens (tertiary/aromatic N) is 1. The lowest BCUT2D eigenvalue weighted by Gasteiger charge is -2.39. The van der Waals surface area contributed by atoms with Gasteiger partial charge in [0.15, 0.2) is 0 Å². The minimum absolute atomic E-state index is 0.0844. The second-order valence-electron chi connectivity index (χ2n) is 8.53. The zero-order valence-electron chi connectivity index (χ0n) is 16.6. The Labute approximate surface area is 161 Å². The lowest BCUT2D eigenvalue weighted by Crippen LogP contribution is -2.39. The number of hydrogen-bond donors (Lipinski definition) is 1. The summed E-state index contributed by atoms with van der Waals surface area (Å²) in [6, 6.07) is 6.96. The summed E-state index contributed by atoms with van der Waals surface area (Å²) in [6.07, 6.45) is 6.07. The van der Waals surface area contributed by atoms with Gasteiger partial charge in [-0.25, -0.2) is 0 Å². The summed E-state index contributed by atoms with van der Waals surface area (Å²) in [5.41, 5.74) is 1.48. The molecule has 2 fully saturated rings. The fourth-order valence-corrected chi connectivity index (χ4v) is 4.20. The van der Waals surface area contributed by atoms with Crippen molar-refractivity contribution in [3.8, 4) is 0 Å². The third kappa shape index (κ3) is 4.23. The van der Waals surface area contributed by atoms with Gasteiger partial charge in [0.05, 0.1) is 5.69 Å². The van der Waals surface area contributed by atoms with Crippen LogP contribution < -0.4 is 10.2 Å². The Morgan fingerprint density at radius 3 is 2.11 bits per heavy atom. The molecule has 0 spiro atoms. The monoisotopic (exact) mass is 370 g/mol. The second-order valence-corrected chi connectivity index (χ2v) is 8.53. The van der Waals surface area contributed by atoms with Crippen LogP contribution in [-0.2, 0) is 9.59 Å². The van der Waals surface area contributed by atoms with E-state index in [1.807, 2.05) is 0 Å². The largest absolute Gasteiger partial charge is 0.349 e. The van der Waals surface area contributed by atoms with Crippen molar-refractivity contribution in [3.63, 3.8) is 0 Å². The van der Waals surface area contributed by atoms with Crippen molar-refractivity contribution in [3.05, 3.63) is 29.8 Å². The predicted molar refractivity (Wildman–Crippen MR) is 105 cm³/mol. The van der Waals surface area contributed by atoms with E-state index < -0.39 is 0 Å². The second kappa shape index (κ2) is 7.83. The Hall–Kier alpha value is -2.17.